The van der Waals surface area contributed by atoms with Crippen molar-refractivity contribution in [1.29, 1.82) is 0 Å². The van der Waals surface area contributed by atoms with Crippen molar-refractivity contribution in [3.63, 3.8) is 0 Å². The predicted octanol–water partition coefficient (Wildman–Crippen LogP) is 9.36. The van der Waals surface area contributed by atoms with Gasteiger partial charge in [0, 0.05) is 0 Å². The number of unbranched alkanes of at least 4 members (excludes halogenated alkanes) is 1. The summed E-state index contributed by atoms with van der Waals surface area (Å²) < 4.78 is 31.8. The molecule has 3 nitrogen and oxygen atoms in total. The minimum absolute atomic E-state index is 0.108. The quantitative estimate of drug-likeness (QED) is 0.148. The van der Waals surface area contributed by atoms with Crippen molar-refractivity contribution < 1.29 is 13.0 Å². The number of rotatable bonds is 9. The second-order valence-corrected chi connectivity index (χ2v) is 18.3. The smallest absolute Gasteiger partial charge is 0.264 e. The molecule has 4 fully saturated rings. The largest absolute Gasteiger partial charge is 0.286 e. The molecule has 0 radical (unpaired) electrons. The van der Waals surface area contributed by atoms with Gasteiger partial charge in [-0.05, 0) is 142 Å². The molecule has 0 amide bonds. The SMILES string of the molecule is CC(C)(C)c1ccc([SH](c2ccccc2)c2cccc(C34CC5CC(CC(CCCCS(=O)(=O)O)(C5)C3)C4)c2)cc1. The van der Waals surface area contributed by atoms with Crippen LogP contribution in [-0.4, -0.2) is 18.7 Å². The molecule has 0 aliphatic heterocycles. The van der Waals surface area contributed by atoms with Gasteiger partial charge in [0.25, 0.3) is 10.1 Å². The Bertz CT molecular complexity index is 1460. The van der Waals surface area contributed by atoms with E-state index in [0.717, 1.165) is 24.7 Å². The van der Waals surface area contributed by atoms with Gasteiger partial charge in [-0.2, -0.15) is 19.3 Å². The van der Waals surface area contributed by atoms with E-state index >= 15 is 0 Å². The molecule has 0 aromatic heterocycles. The molecule has 4 saturated carbocycles. The van der Waals surface area contributed by atoms with Crippen molar-refractivity contribution in [3.8, 4) is 0 Å². The highest BCUT2D eigenvalue weighted by Crippen LogP contribution is 2.67. The highest BCUT2D eigenvalue weighted by molar-refractivity contribution is 8.17. The second kappa shape index (κ2) is 10.9. The first-order valence-electron chi connectivity index (χ1n) is 15.5. The van der Waals surface area contributed by atoms with E-state index in [0.29, 0.717) is 11.8 Å². The standard InChI is InChI=1S/C36H46O3S2/c1-34(2,3)29-14-16-32(17-15-29)40(31-11-5-4-6-12-31)33-13-9-10-30(21-33)36-24-27-20-28(25-36)23-35(22-27,26-36)18-7-8-19-41(37,38)39/h4-6,9-17,21,27-28,40H,7-8,18-20,22-26H2,1-3H3,(H,37,38,39). The Morgan fingerprint density at radius 2 is 1.44 bits per heavy atom. The average molecular weight is 591 g/mol. The maximum Gasteiger partial charge on any atom is 0.264 e. The van der Waals surface area contributed by atoms with E-state index in [1.165, 1.54) is 64.3 Å². The molecule has 3 aromatic carbocycles. The van der Waals surface area contributed by atoms with Gasteiger partial charge in [0.2, 0.25) is 0 Å². The Labute approximate surface area is 250 Å². The summed E-state index contributed by atoms with van der Waals surface area (Å²) in [6, 6.07) is 30.0. The molecule has 220 valence electrons. The minimum atomic E-state index is -3.87. The number of hydrogen-bond acceptors (Lipinski definition) is 2. The van der Waals surface area contributed by atoms with E-state index in [9.17, 15) is 13.0 Å². The van der Waals surface area contributed by atoms with Gasteiger partial charge in [-0.15, -0.1) is 0 Å². The fourth-order valence-electron chi connectivity index (χ4n) is 8.98. The topological polar surface area (TPSA) is 54.4 Å². The molecule has 4 aliphatic carbocycles. The van der Waals surface area contributed by atoms with Crippen LogP contribution in [0.25, 0.3) is 0 Å². The Morgan fingerprint density at radius 1 is 0.805 bits per heavy atom. The summed E-state index contributed by atoms with van der Waals surface area (Å²) >= 11 is 0. The van der Waals surface area contributed by atoms with Crippen molar-refractivity contribution in [2.24, 2.45) is 17.3 Å². The van der Waals surface area contributed by atoms with Crippen LogP contribution in [0, 0.1) is 17.3 Å². The Morgan fingerprint density at radius 3 is 2.07 bits per heavy atom. The van der Waals surface area contributed by atoms with Gasteiger partial charge >= 0.3 is 0 Å². The van der Waals surface area contributed by atoms with Crippen LogP contribution in [0.4, 0.5) is 0 Å². The lowest BCUT2D eigenvalue weighted by molar-refractivity contribution is -0.0771. The lowest BCUT2D eigenvalue weighted by Crippen LogP contribution is -2.54. The first-order valence-corrected chi connectivity index (χ1v) is 18.4. The number of hydrogen-bond donors (Lipinski definition) is 2. The van der Waals surface area contributed by atoms with Crippen LogP contribution >= 0.6 is 10.9 Å². The zero-order valence-corrected chi connectivity index (χ0v) is 26.6. The second-order valence-electron chi connectivity index (χ2n) is 14.5. The van der Waals surface area contributed by atoms with E-state index in [2.05, 4.69) is 99.6 Å². The van der Waals surface area contributed by atoms with Gasteiger partial charge in [0.05, 0.1) is 5.75 Å². The monoisotopic (exact) mass is 590 g/mol. The van der Waals surface area contributed by atoms with Gasteiger partial charge in [-0.1, -0.05) is 69.7 Å². The lowest BCUT2D eigenvalue weighted by Gasteiger charge is -2.63. The van der Waals surface area contributed by atoms with Crippen molar-refractivity contribution in [3.05, 3.63) is 90.0 Å². The van der Waals surface area contributed by atoms with E-state index < -0.39 is 21.0 Å². The maximum atomic E-state index is 11.3. The summed E-state index contributed by atoms with van der Waals surface area (Å²) in [7, 11) is -4.54. The molecular weight excluding hydrogens is 545 g/mol. The van der Waals surface area contributed by atoms with E-state index in [1.54, 1.807) is 0 Å². The zero-order valence-electron chi connectivity index (χ0n) is 24.9. The highest BCUT2D eigenvalue weighted by atomic mass is 32.2. The summed E-state index contributed by atoms with van der Waals surface area (Å²) in [4.78, 5) is 4.23. The van der Waals surface area contributed by atoms with Crippen LogP contribution in [0.2, 0.25) is 0 Å². The molecule has 5 heteroatoms. The zero-order chi connectivity index (χ0) is 28.9. The molecule has 41 heavy (non-hydrogen) atoms. The van der Waals surface area contributed by atoms with Gasteiger partial charge in [0.1, 0.15) is 0 Å². The first kappa shape index (κ1) is 29.0. The third-order valence-corrected chi connectivity index (χ3v) is 13.5. The molecule has 3 atom stereocenters. The normalized spacial score (nSPS) is 28.5. The van der Waals surface area contributed by atoms with Gasteiger partial charge < -0.3 is 0 Å². The number of benzene rings is 3. The van der Waals surface area contributed by atoms with Crippen molar-refractivity contribution in [1.82, 2.24) is 0 Å². The minimum Gasteiger partial charge on any atom is -0.286 e. The Kier molecular flexibility index (Phi) is 7.70. The Balaban J connectivity index is 1.32. The van der Waals surface area contributed by atoms with Gasteiger partial charge in [-0.25, -0.2) is 0 Å². The Hall–Kier alpha value is -2.08. The van der Waals surface area contributed by atoms with Crippen molar-refractivity contribution in [2.45, 2.75) is 104 Å². The van der Waals surface area contributed by atoms with Crippen LogP contribution in [-0.2, 0) is 20.9 Å². The maximum absolute atomic E-state index is 11.3. The summed E-state index contributed by atoms with van der Waals surface area (Å²) in [6.07, 6.45) is 10.3. The van der Waals surface area contributed by atoms with Crippen LogP contribution in [0.15, 0.2) is 93.5 Å². The predicted molar refractivity (Wildman–Crippen MR) is 171 cm³/mol. The summed E-state index contributed by atoms with van der Waals surface area (Å²) in [5.41, 5.74) is 3.59. The van der Waals surface area contributed by atoms with E-state index in [-0.39, 0.29) is 16.6 Å². The summed E-state index contributed by atoms with van der Waals surface area (Å²) in [6.45, 7) is 6.83. The summed E-state index contributed by atoms with van der Waals surface area (Å²) in [5.74, 6) is 1.45. The lowest BCUT2D eigenvalue weighted by atomic mass is 9.42. The van der Waals surface area contributed by atoms with E-state index in [1.807, 2.05) is 0 Å². The first-order chi connectivity index (χ1) is 19.4. The van der Waals surface area contributed by atoms with Crippen LogP contribution in [0.1, 0.15) is 89.7 Å². The number of thiol groups is 1. The van der Waals surface area contributed by atoms with Crippen molar-refractivity contribution >= 4 is 21.0 Å². The molecule has 0 saturated heterocycles. The fourth-order valence-corrected chi connectivity index (χ4v) is 11.9. The van der Waals surface area contributed by atoms with Crippen LogP contribution in [0.5, 0.6) is 0 Å². The van der Waals surface area contributed by atoms with Crippen LogP contribution < -0.4 is 0 Å². The molecule has 4 bridgehead atoms. The molecule has 0 spiro atoms. The average Bonchev–Trinajstić information content (AvgIpc) is 2.91. The van der Waals surface area contributed by atoms with Crippen LogP contribution in [0.3, 0.4) is 0 Å². The van der Waals surface area contributed by atoms with Crippen molar-refractivity contribution in [2.75, 3.05) is 5.75 Å². The molecular formula is C36H46O3S2. The summed E-state index contributed by atoms with van der Waals surface area (Å²) in [5, 5.41) is 0. The molecule has 3 aromatic rings. The third-order valence-electron chi connectivity index (χ3n) is 10.3. The molecule has 4 aliphatic rings. The fraction of sp³-hybridized carbons (Fsp3) is 0.500. The molecule has 0 heterocycles. The molecule has 3 unspecified atom stereocenters. The molecule has 7 rings (SSSR count). The molecule has 1 N–H and O–H groups in total. The van der Waals surface area contributed by atoms with E-state index in [4.69, 9.17) is 0 Å². The van der Waals surface area contributed by atoms with Gasteiger partial charge in [0.15, 0.2) is 0 Å². The van der Waals surface area contributed by atoms with Gasteiger partial charge in [-0.3, -0.25) is 4.55 Å². The third kappa shape index (κ3) is 6.19. The highest BCUT2D eigenvalue weighted by Gasteiger charge is 2.57.